The van der Waals surface area contributed by atoms with Crippen LogP contribution in [-0.2, 0) is 11.2 Å². The molecular weight excluding hydrogens is 426 g/mol. The first-order valence-electron chi connectivity index (χ1n) is 11.3. The van der Waals surface area contributed by atoms with E-state index < -0.39 is 0 Å². The molecule has 33 heavy (non-hydrogen) atoms. The van der Waals surface area contributed by atoms with Crippen LogP contribution in [-0.4, -0.2) is 27.6 Å². The molecule has 0 bridgehead atoms. The number of benzene rings is 2. The molecule has 0 atom stereocenters. The number of hydrogen-bond donors (Lipinski definition) is 0. The summed E-state index contributed by atoms with van der Waals surface area (Å²) in [6, 6.07) is 14.8. The van der Waals surface area contributed by atoms with Gasteiger partial charge in [0, 0.05) is 18.4 Å². The SMILES string of the molecule is CCc1cccc(C)c1-n1c(C)cc(/C=C2\SC(=Nc3c(C)cccc3C)N(C)C2=O)c1C. The van der Waals surface area contributed by atoms with Gasteiger partial charge in [-0.2, -0.15) is 0 Å². The van der Waals surface area contributed by atoms with Gasteiger partial charge in [0.15, 0.2) is 5.17 Å². The Kier molecular flexibility index (Phi) is 6.35. The second-order valence-electron chi connectivity index (χ2n) is 8.71. The number of para-hydroxylation sites is 2. The van der Waals surface area contributed by atoms with Gasteiger partial charge in [0.2, 0.25) is 0 Å². The fraction of sp³-hybridized carbons (Fsp3) is 0.286. The lowest BCUT2D eigenvalue weighted by atomic mass is 10.1. The number of amidine groups is 1. The number of aryl methyl sites for hydroxylation is 5. The molecule has 1 aliphatic heterocycles. The Morgan fingerprint density at radius 3 is 2.27 bits per heavy atom. The molecule has 170 valence electrons. The standard InChI is InChI=1S/C28H31N3OS/c1-8-22-14-10-13-19(4)26(22)31-20(5)15-23(21(31)6)16-24-27(32)30(7)28(33-24)29-25-17(2)11-9-12-18(25)3/h9-16H,8H2,1-7H3/b24-16-,29-28?. The third kappa shape index (κ3) is 4.18. The molecule has 0 aliphatic carbocycles. The zero-order valence-corrected chi connectivity index (χ0v) is 21.3. The van der Waals surface area contributed by atoms with Gasteiger partial charge < -0.3 is 4.57 Å². The van der Waals surface area contributed by atoms with Crippen molar-refractivity contribution in [1.29, 1.82) is 0 Å². The number of aliphatic imine (C=N–C) groups is 1. The van der Waals surface area contributed by atoms with E-state index in [4.69, 9.17) is 4.99 Å². The van der Waals surface area contributed by atoms with Crippen LogP contribution < -0.4 is 0 Å². The van der Waals surface area contributed by atoms with Crippen LogP contribution in [0.25, 0.3) is 11.8 Å². The third-order valence-electron chi connectivity index (χ3n) is 6.33. The average molecular weight is 458 g/mol. The normalized spacial score (nSPS) is 16.5. The number of aromatic nitrogens is 1. The Labute approximate surface area is 201 Å². The van der Waals surface area contributed by atoms with E-state index in [9.17, 15) is 4.79 Å². The molecule has 3 aromatic rings. The molecule has 0 radical (unpaired) electrons. The number of likely N-dealkylation sites (N-methyl/N-ethyl adjacent to an activating group) is 1. The fourth-order valence-electron chi connectivity index (χ4n) is 4.47. The monoisotopic (exact) mass is 457 g/mol. The zero-order valence-electron chi connectivity index (χ0n) is 20.5. The maximum absolute atomic E-state index is 13.1. The van der Waals surface area contributed by atoms with Crippen LogP contribution in [0.3, 0.4) is 0 Å². The van der Waals surface area contributed by atoms with E-state index in [1.54, 1.807) is 11.9 Å². The van der Waals surface area contributed by atoms with E-state index in [0.29, 0.717) is 10.1 Å². The number of nitrogens with zero attached hydrogens (tertiary/aromatic N) is 3. The maximum Gasteiger partial charge on any atom is 0.266 e. The van der Waals surface area contributed by atoms with Crippen LogP contribution in [0.4, 0.5) is 5.69 Å². The Morgan fingerprint density at radius 1 is 0.970 bits per heavy atom. The molecule has 1 amide bonds. The predicted octanol–water partition coefficient (Wildman–Crippen LogP) is 6.82. The minimum Gasteiger partial charge on any atom is -0.317 e. The predicted molar refractivity (Wildman–Crippen MR) is 141 cm³/mol. The van der Waals surface area contributed by atoms with Gasteiger partial charge in [-0.25, -0.2) is 4.99 Å². The highest BCUT2D eigenvalue weighted by Crippen LogP contribution is 2.36. The molecule has 2 heterocycles. The number of carbonyl (C=O) groups is 1. The van der Waals surface area contributed by atoms with Crippen molar-refractivity contribution >= 4 is 34.6 Å². The molecule has 0 unspecified atom stereocenters. The molecule has 5 heteroatoms. The highest BCUT2D eigenvalue weighted by molar-refractivity contribution is 8.18. The lowest BCUT2D eigenvalue weighted by molar-refractivity contribution is -0.121. The number of hydrogen-bond acceptors (Lipinski definition) is 3. The summed E-state index contributed by atoms with van der Waals surface area (Å²) in [4.78, 5) is 20.3. The molecular formula is C28H31N3OS. The molecule has 2 aromatic carbocycles. The minimum absolute atomic E-state index is 0.0140. The molecule has 1 aliphatic rings. The highest BCUT2D eigenvalue weighted by Gasteiger charge is 2.31. The molecule has 4 rings (SSSR count). The number of carbonyl (C=O) groups excluding carboxylic acids is 1. The lowest BCUT2D eigenvalue weighted by Crippen LogP contribution is -2.23. The molecule has 1 fully saturated rings. The van der Waals surface area contributed by atoms with Gasteiger partial charge in [-0.1, -0.05) is 43.3 Å². The van der Waals surface area contributed by atoms with Crippen LogP contribution in [0.1, 0.15) is 46.1 Å². The second-order valence-corrected chi connectivity index (χ2v) is 9.72. The quantitative estimate of drug-likeness (QED) is 0.403. The first-order chi connectivity index (χ1) is 15.7. The molecule has 1 saturated heterocycles. The Balaban J connectivity index is 1.75. The first-order valence-corrected chi connectivity index (χ1v) is 12.1. The van der Waals surface area contributed by atoms with Gasteiger partial charge in [-0.05, 0) is 92.8 Å². The van der Waals surface area contributed by atoms with Gasteiger partial charge in [0.1, 0.15) is 0 Å². The highest BCUT2D eigenvalue weighted by atomic mass is 32.2. The second kappa shape index (κ2) is 9.06. The van der Waals surface area contributed by atoms with Crippen molar-refractivity contribution in [3.8, 4) is 5.69 Å². The topological polar surface area (TPSA) is 37.6 Å². The minimum atomic E-state index is -0.0140. The summed E-state index contributed by atoms with van der Waals surface area (Å²) < 4.78 is 2.32. The van der Waals surface area contributed by atoms with Crippen molar-refractivity contribution in [3.05, 3.63) is 86.6 Å². The summed E-state index contributed by atoms with van der Waals surface area (Å²) in [6.45, 7) is 12.7. The summed E-state index contributed by atoms with van der Waals surface area (Å²) in [5.74, 6) is -0.0140. The van der Waals surface area contributed by atoms with Crippen molar-refractivity contribution in [2.45, 2.75) is 48.0 Å². The Bertz CT molecular complexity index is 1290. The van der Waals surface area contributed by atoms with E-state index in [1.807, 2.05) is 12.1 Å². The van der Waals surface area contributed by atoms with Gasteiger partial charge in [-0.3, -0.25) is 9.69 Å². The zero-order chi connectivity index (χ0) is 23.9. The van der Waals surface area contributed by atoms with Crippen molar-refractivity contribution in [2.24, 2.45) is 4.99 Å². The fourth-order valence-corrected chi connectivity index (χ4v) is 5.44. The van der Waals surface area contributed by atoms with Crippen LogP contribution >= 0.6 is 11.8 Å². The molecule has 0 spiro atoms. The summed E-state index contributed by atoms with van der Waals surface area (Å²) in [6.07, 6.45) is 2.99. The van der Waals surface area contributed by atoms with E-state index in [1.165, 1.54) is 28.6 Å². The van der Waals surface area contributed by atoms with Crippen LogP contribution in [0.2, 0.25) is 0 Å². The first kappa shape index (κ1) is 23.1. The van der Waals surface area contributed by atoms with Gasteiger partial charge >= 0.3 is 0 Å². The average Bonchev–Trinajstić information content (AvgIpc) is 3.20. The summed E-state index contributed by atoms with van der Waals surface area (Å²) in [7, 11) is 1.80. The van der Waals surface area contributed by atoms with E-state index in [2.05, 4.69) is 82.5 Å². The number of amides is 1. The summed E-state index contributed by atoms with van der Waals surface area (Å²) in [5, 5.41) is 0.713. The number of rotatable bonds is 4. The van der Waals surface area contributed by atoms with Gasteiger partial charge in [-0.15, -0.1) is 0 Å². The van der Waals surface area contributed by atoms with Gasteiger partial charge in [0.25, 0.3) is 5.91 Å². The third-order valence-corrected chi connectivity index (χ3v) is 7.39. The summed E-state index contributed by atoms with van der Waals surface area (Å²) in [5.41, 5.74) is 10.3. The maximum atomic E-state index is 13.1. The summed E-state index contributed by atoms with van der Waals surface area (Å²) >= 11 is 1.44. The van der Waals surface area contributed by atoms with Crippen molar-refractivity contribution in [1.82, 2.24) is 9.47 Å². The molecule has 4 nitrogen and oxygen atoms in total. The lowest BCUT2D eigenvalue weighted by Gasteiger charge is -2.17. The van der Waals surface area contributed by atoms with E-state index in [0.717, 1.165) is 40.2 Å². The molecule has 1 aromatic heterocycles. The molecule has 0 saturated carbocycles. The largest absolute Gasteiger partial charge is 0.317 e. The van der Waals surface area contributed by atoms with Gasteiger partial charge in [0.05, 0.1) is 16.3 Å². The Hall–Kier alpha value is -3.05. The Morgan fingerprint density at radius 2 is 1.61 bits per heavy atom. The van der Waals surface area contributed by atoms with Crippen molar-refractivity contribution < 1.29 is 4.79 Å². The molecule has 0 N–H and O–H groups in total. The van der Waals surface area contributed by atoms with E-state index in [-0.39, 0.29) is 5.91 Å². The van der Waals surface area contributed by atoms with Crippen LogP contribution in [0.5, 0.6) is 0 Å². The smallest absolute Gasteiger partial charge is 0.266 e. The number of thioether (sulfide) groups is 1. The van der Waals surface area contributed by atoms with Crippen LogP contribution in [0, 0.1) is 34.6 Å². The van der Waals surface area contributed by atoms with Crippen molar-refractivity contribution in [2.75, 3.05) is 7.05 Å². The van der Waals surface area contributed by atoms with Crippen molar-refractivity contribution in [3.63, 3.8) is 0 Å². The van der Waals surface area contributed by atoms with E-state index >= 15 is 0 Å². The van der Waals surface area contributed by atoms with Crippen LogP contribution in [0.15, 0.2) is 52.4 Å².